The molecule has 5 nitrogen and oxygen atoms in total. The van der Waals surface area contributed by atoms with E-state index in [-0.39, 0.29) is 5.54 Å². The van der Waals surface area contributed by atoms with Gasteiger partial charge < -0.3 is 10.1 Å². The van der Waals surface area contributed by atoms with Crippen LogP contribution in [0.1, 0.15) is 44.3 Å². The Hall–Kier alpha value is -0.910. The summed E-state index contributed by atoms with van der Waals surface area (Å²) in [6.45, 7) is 7.00. The van der Waals surface area contributed by atoms with E-state index in [4.69, 9.17) is 9.84 Å². The predicted octanol–water partition coefficient (Wildman–Crippen LogP) is 1.72. The average molecular weight is 292 g/mol. The van der Waals surface area contributed by atoms with E-state index >= 15 is 0 Å². The molecule has 1 N–H and O–H groups in total. The van der Waals surface area contributed by atoms with Crippen molar-refractivity contribution in [3.8, 4) is 0 Å². The minimum atomic E-state index is 0.216. The third kappa shape index (κ3) is 2.87. The third-order valence-corrected chi connectivity index (χ3v) is 5.09. The minimum absolute atomic E-state index is 0.216. The number of rotatable bonds is 5. The van der Waals surface area contributed by atoms with Crippen molar-refractivity contribution >= 4 is 0 Å². The number of hydrogen-bond donors (Lipinski definition) is 1. The molecule has 1 atom stereocenters. The third-order valence-electron chi connectivity index (χ3n) is 5.09. The molecule has 1 saturated heterocycles. The normalized spacial score (nSPS) is 24.3. The summed E-state index contributed by atoms with van der Waals surface area (Å²) in [5.74, 6) is 0. The largest absolute Gasteiger partial charge is 0.379 e. The lowest BCUT2D eigenvalue weighted by atomic mass is 9.83. The molecule has 0 spiro atoms. The first-order valence-corrected chi connectivity index (χ1v) is 8.32. The minimum Gasteiger partial charge on any atom is -0.379 e. The number of aryl methyl sites for hydroxylation is 1. The highest BCUT2D eigenvalue weighted by Gasteiger charge is 2.47. The van der Waals surface area contributed by atoms with Gasteiger partial charge in [0.15, 0.2) is 0 Å². The van der Waals surface area contributed by atoms with E-state index in [0.29, 0.717) is 6.04 Å². The Morgan fingerprint density at radius 3 is 2.62 bits per heavy atom. The standard InChI is InChI=1S/C16H28N4O/c1-3-17-15(14-6-9-19(2)18-14)16(7-4-5-8-16)20-10-12-21-13-11-20/h6,9,15,17H,3-5,7-8,10-13H2,1-2H3. The smallest absolute Gasteiger partial charge is 0.0812 e. The van der Waals surface area contributed by atoms with Crippen molar-refractivity contribution in [3.63, 3.8) is 0 Å². The Labute approximate surface area is 127 Å². The molecule has 1 unspecified atom stereocenters. The van der Waals surface area contributed by atoms with Gasteiger partial charge in [0.25, 0.3) is 0 Å². The summed E-state index contributed by atoms with van der Waals surface area (Å²) in [7, 11) is 2.00. The van der Waals surface area contributed by atoms with Crippen LogP contribution in [0, 0.1) is 0 Å². The van der Waals surface area contributed by atoms with E-state index in [1.165, 1.54) is 31.4 Å². The lowest BCUT2D eigenvalue weighted by molar-refractivity contribution is -0.0368. The molecule has 2 heterocycles. The molecular formula is C16H28N4O. The molecular weight excluding hydrogens is 264 g/mol. The summed E-state index contributed by atoms with van der Waals surface area (Å²) in [5.41, 5.74) is 1.40. The first-order valence-electron chi connectivity index (χ1n) is 8.32. The van der Waals surface area contributed by atoms with E-state index in [0.717, 1.165) is 32.8 Å². The number of nitrogens with one attached hydrogen (secondary N) is 1. The first kappa shape index (κ1) is 15.0. The van der Waals surface area contributed by atoms with Gasteiger partial charge in [-0.05, 0) is 25.5 Å². The Bertz CT molecular complexity index is 447. The maximum Gasteiger partial charge on any atom is 0.0812 e. The Kier molecular flexibility index (Phi) is 4.62. The fraction of sp³-hybridized carbons (Fsp3) is 0.812. The Morgan fingerprint density at radius 2 is 2.05 bits per heavy atom. The number of nitrogens with zero attached hydrogens (tertiary/aromatic N) is 3. The van der Waals surface area contributed by atoms with Crippen LogP contribution in [0.25, 0.3) is 0 Å². The number of morpholine rings is 1. The van der Waals surface area contributed by atoms with Crippen LogP contribution in [0.4, 0.5) is 0 Å². The average Bonchev–Trinajstić information content (AvgIpc) is 3.16. The number of likely N-dealkylation sites (N-methyl/N-ethyl adjacent to an activating group) is 1. The maximum atomic E-state index is 5.57. The van der Waals surface area contributed by atoms with Crippen molar-refractivity contribution in [2.24, 2.45) is 7.05 Å². The van der Waals surface area contributed by atoms with Gasteiger partial charge in [0.2, 0.25) is 0 Å². The van der Waals surface area contributed by atoms with Crippen LogP contribution in [0.2, 0.25) is 0 Å². The highest BCUT2D eigenvalue weighted by Crippen LogP contribution is 2.44. The SMILES string of the molecule is CCNC(c1ccn(C)n1)C1(N2CCOCC2)CCCC1. The fourth-order valence-corrected chi connectivity index (χ4v) is 4.14. The molecule has 0 radical (unpaired) electrons. The van der Waals surface area contributed by atoms with Crippen molar-refractivity contribution in [2.45, 2.75) is 44.2 Å². The maximum absolute atomic E-state index is 5.57. The second-order valence-corrected chi connectivity index (χ2v) is 6.32. The van der Waals surface area contributed by atoms with Crippen LogP contribution in [0.5, 0.6) is 0 Å². The van der Waals surface area contributed by atoms with Crippen LogP contribution >= 0.6 is 0 Å². The lowest BCUT2D eigenvalue weighted by Crippen LogP contribution is -2.58. The molecule has 2 aliphatic rings. The predicted molar refractivity (Wildman–Crippen MR) is 83.2 cm³/mol. The molecule has 1 aliphatic carbocycles. The molecule has 0 bridgehead atoms. The van der Waals surface area contributed by atoms with E-state index in [2.05, 4.69) is 29.4 Å². The van der Waals surface area contributed by atoms with Crippen LogP contribution in [0.3, 0.4) is 0 Å². The van der Waals surface area contributed by atoms with Crippen LogP contribution in [-0.2, 0) is 11.8 Å². The highest BCUT2D eigenvalue weighted by atomic mass is 16.5. The number of aromatic nitrogens is 2. The summed E-state index contributed by atoms with van der Waals surface area (Å²) in [4.78, 5) is 2.67. The van der Waals surface area contributed by atoms with Crippen molar-refractivity contribution in [1.82, 2.24) is 20.0 Å². The van der Waals surface area contributed by atoms with Gasteiger partial charge in [0.05, 0.1) is 24.9 Å². The van der Waals surface area contributed by atoms with Crippen LogP contribution in [0.15, 0.2) is 12.3 Å². The van der Waals surface area contributed by atoms with Crippen molar-refractivity contribution in [1.29, 1.82) is 0 Å². The Morgan fingerprint density at radius 1 is 1.33 bits per heavy atom. The van der Waals surface area contributed by atoms with Gasteiger partial charge in [0.1, 0.15) is 0 Å². The zero-order valence-electron chi connectivity index (χ0n) is 13.3. The summed E-state index contributed by atoms with van der Waals surface area (Å²) < 4.78 is 7.49. The summed E-state index contributed by atoms with van der Waals surface area (Å²) in [6, 6.07) is 2.50. The van der Waals surface area contributed by atoms with Gasteiger partial charge in [-0.3, -0.25) is 9.58 Å². The Balaban J connectivity index is 1.92. The topological polar surface area (TPSA) is 42.3 Å². The molecule has 1 saturated carbocycles. The lowest BCUT2D eigenvalue weighted by Gasteiger charge is -2.48. The summed E-state index contributed by atoms with van der Waals surface area (Å²) >= 11 is 0. The molecule has 1 aromatic rings. The molecule has 21 heavy (non-hydrogen) atoms. The first-order chi connectivity index (χ1) is 10.3. The van der Waals surface area contributed by atoms with Gasteiger partial charge in [-0.2, -0.15) is 5.10 Å². The monoisotopic (exact) mass is 292 g/mol. The fourth-order valence-electron chi connectivity index (χ4n) is 4.14. The van der Waals surface area contributed by atoms with Gasteiger partial charge in [-0.25, -0.2) is 0 Å². The van der Waals surface area contributed by atoms with E-state index in [1.807, 2.05) is 11.7 Å². The van der Waals surface area contributed by atoms with Gasteiger partial charge in [0, 0.05) is 31.9 Å². The second kappa shape index (κ2) is 6.46. The molecule has 2 fully saturated rings. The van der Waals surface area contributed by atoms with E-state index in [1.54, 1.807) is 0 Å². The van der Waals surface area contributed by atoms with Crippen LogP contribution < -0.4 is 5.32 Å². The van der Waals surface area contributed by atoms with E-state index in [9.17, 15) is 0 Å². The molecule has 3 rings (SSSR count). The second-order valence-electron chi connectivity index (χ2n) is 6.32. The zero-order valence-corrected chi connectivity index (χ0v) is 13.3. The van der Waals surface area contributed by atoms with Crippen molar-refractivity contribution in [3.05, 3.63) is 18.0 Å². The molecule has 1 aromatic heterocycles. The van der Waals surface area contributed by atoms with E-state index < -0.39 is 0 Å². The zero-order chi connectivity index (χ0) is 14.7. The molecule has 5 heteroatoms. The molecule has 0 aromatic carbocycles. The summed E-state index contributed by atoms with van der Waals surface area (Å²) in [5, 5.41) is 8.44. The molecule has 1 aliphatic heterocycles. The molecule has 118 valence electrons. The molecule has 0 amide bonds. The number of ether oxygens (including phenoxy) is 1. The van der Waals surface area contributed by atoms with Crippen LogP contribution in [-0.4, -0.2) is 53.1 Å². The van der Waals surface area contributed by atoms with Gasteiger partial charge in [-0.15, -0.1) is 0 Å². The highest BCUT2D eigenvalue weighted by molar-refractivity contribution is 5.16. The van der Waals surface area contributed by atoms with Crippen molar-refractivity contribution < 1.29 is 4.74 Å². The van der Waals surface area contributed by atoms with Gasteiger partial charge >= 0.3 is 0 Å². The summed E-state index contributed by atoms with van der Waals surface area (Å²) in [6.07, 6.45) is 7.24. The number of hydrogen-bond acceptors (Lipinski definition) is 4. The van der Waals surface area contributed by atoms with Crippen molar-refractivity contribution in [2.75, 3.05) is 32.8 Å². The quantitative estimate of drug-likeness (QED) is 0.897. The van der Waals surface area contributed by atoms with Gasteiger partial charge in [-0.1, -0.05) is 19.8 Å².